The molecule has 0 amide bonds. The maximum atomic E-state index is 9.67. The first-order chi connectivity index (χ1) is 8.19. The fraction of sp³-hybridized carbons (Fsp3) is 0.714. The second-order valence-electron chi connectivity index (χ2n) is 5.06. The second kappa shape index (κ2) is 5.98. The molecule has 96 valence electrons. The quantitative estimate of drug-likeness (QED) is 0.863. The van der Waals surface area contributed by atoms with E-state index in [1.54, 1.807) is 0 Å². The first-order valence-corrected chi connectivity index (χ1v) is 7.53. The molecule has 0 aliphatic heterocycles. The minimum Gasteiger partial charge on any atom is -0.393 e. The summed E-state index contributed by atoms with van der Waals surface area (Å²) in [5, 5.41) is 13.3. The van der Waals surface area contributed by atoms with Gasteiger partial charge < -0.3 is 10.4 Å². The van der Waals surface area contributed by atoms with Crippen molar-refractivity contribution < 1.29 is 5.11 Å². The van der Waals surface area contributed by atoms with E-state index in [2.05, 4.69) is 31.3 Å². The standard InChI is InChI=1S/C14H23NOS/c1-3-13-7-8-14(17-13)10(2)15-11-5-4-6-12(16)9-11/h7-8,10-12,15-16H,3-6,9H2,1-2H3. The number of hydrogen-bond acceptors (Lipinski definition) is 3. The average molecular weight is 253 g/mol. The lowest BCUT2D eigenvalue weighted by atomic mass is 9.92. The number of aliphatic hydroxyl groups excluding tert-OH is 1. The Morgan fingerprint density at radius 1 is 1.47 bits per heavy atom. The molecule has 1 saturated carbocycles. The van der Waals surface area contributed by atoms with Crippen LogP contribution < -0.4 is 5.32 Å². The molecule has 0 radical (unpaired) electrons. The van der Waals surface area contributed by atoms with Gasteiger partial charge in [-0.2, -0.15) is 0 Å². The highest BCUT2D eigenvalue weighted by atomic mass is 32.1. The molecule has 0 bridgehead atoms. The number of hydrogen-bond donors (Lipinski definition) is 2. The molecule has 2 rings (SSSR count). The van der Waals surface area contributed by atoms with Gasteiger partial charge in [-0.1, -0.05) is 6.92 Å². The van der Waals surface area contributed by atoms with E-state index in [0.29, 0.717) is 12.1 Å². The van der Waals surface area contributed by atoms with Crippen LogP contribution in [0.1, 0.15) is 55.3 Å². The van der Waals surface area contributed by atoms with Gasteiger partial charge in [-0.25, -0.2) is 0 Å². The van der Waals surface area contributed by atoms with E-state index in [-0.39, 0.29) is 6.10 Å². The molecular weight excluding hydrogens is 230 g/mol. The van der Waals surface area contributed by atoms with E-state index < -0.39 is 0 Å². The van der Waals surface area contributed by atoms with Crippen LogP contribution in [-0.4, -0.2) is 17.3 Å². The third kappa shape index (κ3) is 3.54. The summed E-state index contributed by atoms with van der Waals surface area (Å²) in [7, 11) is 0. The summed E-state index contributed by atoms with van der Waals surface area (Å²) in [5.74, 6) is 0. The maximum Gasteiger partial charge on any atom is 0.0555 e. The summed E-state index contributed by atoms with van der Waals surface area (Å²) in [6, 6.07) is 5.37. The molecule has 1 heterocycles. The fourth-order valence-corrected chi connectivity index (χ4v) is 3.53. The highest BCUT2D eigenvalue weighted by Gasteiger charge is 2.22. The van der Waals surface area contributed by atoms with Crippen LogP contribution in [0.5, 0.6) is 0 Å². The van der Waals surface area contributed by atoms with E-state index in [4.69, 9.17) is 0 Å². The normalized spacial score (nSPS) is 27.0. The Morgan fingerprint density at radius 3 is 2.94 bits per heavy atom. The largest absolute Gasteiger partial charge is 0.393 e. The van der Waals surface area contributed by atoms with Crippen molar-refractivity contribution in [3.8, 4) is 0 Å². The van der Waals surface area contributed by atoms with Gasteiger partial charge in [0.2, 0.25) is 0 Å². The second-order valence-corrected chi connectivity index (χ2v) is 6.26. The van der Waals surface area contributed by atoms with Crippen molar-refractivity contribution in [2.45, 2.75) is 64.1 Å². The Morgan fingerprint density at radius 2 is 2.29 bits per heavy atom. The molecule has 0 spiro atoms. The first-order valence-electron chi connectivity index (χ1n) is 6.71. The molecule has 2 N–H and O–H groups in total. The Balaban J connectivity index is 1.89. The van der Waals surface area contributed by atoms with Gasteiger partial charge in [-0.15, -0.1) is 11.3 Å². The van der Waals surface area contributed by atoms with Crippen LogP contribution >= 0.6 is 11.3 Å². The highest BCUT2D eigenvalue weighted by Crippen LogP contribution is 2.26. The summed E-state index contributed by atoms with van der Waals surface area (Å²) in [6.45, 7) is 4.43. The summed E-state index contributed by atoms with van der Waals surface area (Å²) >= 11 is 1.91. The third-order valence-corrected chi connectivity index (χ3v) is 5.00. The van der Waals surface area contributed by atoms with Gasteiger partial charge in [0, 0.05) is 21.8 Å². The smallest absolute Gasteiger partial charge is 0.0555 e. The van der Waals surface area contributed by atoms with Crippen LogP contribution in [0.2, 0.25) is 0 Å². The first kappa shape index (κ1) is 13.1. The Labute approximate surface area is 108 Å². The molecular formula is C14H23NOS. The van der Waals surface area contributed by atoms with Crippen molar-refractivity contribution >= 4 is 11.3 Å². The lowest BCUT2D eigenvalue weighted by molar-refractivity contribution is 0.109. The van der Waals surface area contributed by atoms with Crippen LogP contribution in [0.15, 0.2) is 12.1 Å². The zero-order chi connectivity index (χ0) is 12.3. The molecule has 0 aromatic carbocycles. The van der Waals surface area contributed by atoms with Crippen molar-refractivity contribution in [2.75, 3.05) is 0 Å². The minimum atomic E-state index is -0.0945. The molecule has 3 heteroatoms. The van der Waals surface area contributed by atoms with Gasteiger partial charge >= 0.3 is 0 Å². The number of aliphatic hydroxyl groups is 1. The molecule has 1 aromatic heterocycles. The third-order valence-electron chi connectivity index (χ3n) is 3.59. The van der Waals surface area contributed by atoms with Crippen molar-refractivity contribution in [3.05, 3.63) is 21.9 Å². The number of aryl methyl sites for hydroxylation is 1. The van der Waals surface area contributed by atoms with Gasteiger partial charge in [-0.3, -0.25) is 0 Å². The van der Waals surface area contributed by atoms with Gasteiger partial charge in [0.25, 0.3) is 0 Å². The lowest BCUT2D eigenvalue weighted by Gasteiger charge is -2.29. The molecule has 3 atom stereocenters. The molecule has 17 heavy (non-hydrogen) atoms. The fourth-order valence-electron chi connectivity index (χ4n) is 2.57. The lowest BCUT2D eigenvalue weighted by Crippen LogP contribution is -2.37. The van der Waals surface area contributed by atoms with Crippen molar-refractivity contribution in [1.29, 1.82) is 0 Å². The van der Waals surface area contributed by atoms with Crippen LogP contribution in [0.3, 0.4) is 0 Å². The van der Waals surface area contributed by atoms with E-state index in [9.17, 15) is 5.11 Å². The zero-order valence-corrected chi connectivity index (χ0v) is 11.6. The maximum absolute atomic E-state index is 9.67. The molecule has 1 aliphatic carbocycles. The molecule has 3 unspecified atom stereocenters. The predicted molar refractivity (Wildman–Crippen MR) is 73.5 cm³/mol. The van der Waals surface area contributed by atoms with Gasteiger partial charge in [-0.05, 0) is 51.2 Å². The van der Waals surface area contributed by atoms with E-state index in [0.717, 1.165) is 25.7 Å². The van der Waals surface area contributed by atoms with E-state index in [1.807, 2.05) is 11.3 Å². The van der Waals surface area contributed by atoms with Crippen molar-refractivity contribution in [3.63, 3.8) is 0 Å². The summed E-state index contributed by atoms with van der Waals surface area (Å²) in [6.07, 6.45) is 5.27. The molecule has 1 fully saturated rings. The monoisotopic (exact) mass is 253 g/mol. The summed E-state index contributed by atoms with van der Waals surface area (Å²) in [4.78, 5) is 2.87. The van der Waals surface area contributed by atoms with E-state index in [1.165, 1.54) is 16.2 Å². The predicted octanol–water partition coefficient (Wildman–Crippen LogP) is 3.26. The SMILES string of the molecule is CCc1ccc(C(C)NC2CCCC(O)C2)s1. The van der Waals surface area contributed by atoms with Gasteiger partial charge in [0.05, 0.1) is 6.10 Å². The van der Waals surface area contributed by atoms with Gasteiger partial charge in [0.15, 0.2) is 0 Å². The summed E-state index contributed by atoms with van der Waals surface area (Å²) in [5.41, 5.74) is 0. The number of nitrogens with one attached hydrogen (secondary N) is 1. The zero-order valence-electron chi connectivity index (χ0n) is 10.8. The van der Waals surface area contributed by atoms with Crippen LogP contribution in [0.25, 0.3) is 0 Å². The Kier molecular flexibility index (Phi) is 4.60. The molecule has 2 nitrogen and oxygen atoms in total. The highest BCUT2D eigenvalue weighted by molar-refractivity contribution is 7.12. The Hall–Kier alpha value is -0.380. The number of thiophene rings is 1. The topological polar surface area (TPSA) is 32.3 Å². The Bertz CT molecular complexity index is 350. The van der Waals surface area contributed by atoms with Gasteiger partial charge in [0.1, 0.15) is 0 Å². The number of rotatable bonds is 4. The van der Waals surface area contributed by atoms with Crippen molar-refractivity contribution in [1.82, 2.24) is 5.32 Å². The van der Waals surface area contributed by atoms with Crippen molar-refractivity contribution in [2.24, 2.45) is 0 Å². The average Bonchev–Trinajstić information content (AvgIpc) is 2.77. The molecule has 0 saturated heterocycles. The van der Waals surface area contributed by atoms with Crippen LogP contribution in [-0.2, 0) is 6.42 Å². The van der Waals surface area contributed by atoms with Crippen LogP contribution in [0.4, 0.5) is 0 Å². The summed E-state index contributed by atoms with van der Waals surface area (Å²) < 4.78 is 0. The van der Waals surface area contributed by atoms with E-state index >= 15 is 0 Å². The molecule has 1 aliphatic rings. The van der Waals surface area contributed by atoms with Crippen LogP contribution in [0, 0.1) is 0 Å². The minimum absolute atomic E-state index is 0.0945. The molecule has 1 aromatic rings.